The maximum absolute atomic E-state index is 12.8. The number of nitrogens with zero attached hydrogens (tertiary/aromatic N) is 2. The molecule has 1 aromatic carbocycles. The van der Waals surface area contributed by atoms with Crippen molar-refractivity contribution in [2.45, 2.75) is 19.4 Å². The number of benzene rings is 1. The third kappa shape index (κ3) is 4.25. The molecule has 0 saturated carbocycles. The maximum Gasteiger partial charge on any atom is 0.265 e. The predicted octanol–water partition coefficient (Wildman–Crippen LogP) is 2.17. The Kier molecular flexibility index (Phi) is 5.73. The summed E-state index contributed by atoms with van der Waals surface area (Å²) in [5, 5.41) is 0. The minimum atomic E-state index is -3.05. The fourth-order valence-corrected chi connectivity index (χ4v) is 6.08. The molecule has 2 saturated heterocycles. The van der Waals surface area contributed by atoms with E-state index < -0.39 is 9.84 Å². The lowest BCUT2D eigenvalue weighted by atomic mass is 10.1. The monoisotopic (exact) mass is 424 g/mol. The maximum atomic E-state index is 12.8. The second kappa shape index (κ2) is 7.73. The summed E-state index contributed by atoms with van der Waals surface area (Å²) in [6, 6.07) is 6.68. The molecule has 0 spiro atoms. The van der Waals surface area contributed by atoms with Crippen LogP contribution in [-0.2, 0) is 14.6 Å². The van der Waals surface area contributed by atoms with Gasteiger partial charge in [-0.1, -0.05) is 36.1 Å². The smallest absolute Gasteiger partial charge is 0.265 e. The van der Waals surface area contributed by atoms with Crippen LogP contribution in [0.1, 0.15) is 29.3 Å². The van der Waals surface area contributed by atoms with Crippen molar-refractivity contribution < 1.29 is 18.0 Å². The number of carbonyl (C=O) groups excluding carboxylic acids is 2. The molecule has 0 unspecified atom stereocenters. The molecular formula is C18H20N2O4S3. The Bertz CT molecular complexity index is 922. The number of hydrogen-bond acceptors (Lipinski definition) is 6. The van der Waals surface area contributed by atoms with Gasteiger partial charge in [-0.2, -0.15) is 0 Å². The van der Waals surface area contributed by atoms with Crippen LogP contribution < -0.4 is 0 Å². The first kappa shape index (κ1) is 20.0. The molecule has 144 valence electrons. The van der Waals surface area contributed by atoms with Gasteiger partial charge in [0.25, 0.3) is 11.8 Å². The molecule has 2 fully saturated rings. The van der Waals surface area contributed by atoms with Crippen LogP contribution in [0.3, 0.4) is 0 Å². The summed E-state index contributed by atoms with van der Waals surface area (Å²) in [6.07, 6.45) is 2.23. The molecule has 1 aromatic rings. The highest BCUT2D eigenvalue weighted by molar-refractivity contribution is 8.26. The second-order valence-electron chi connectivity index (χ2n) is 6.51. The van der Waals surface area contributed by atoms with E-state index in [0.717, 1.165) is 5.56 Å². The van der Waals surface area contributed by atoms with Gasteiger partial charge >= 0.3 is 0 Å². The van der Waals surface area contributed by atoms with Crippen LogP contribution in [0.25, 0.3) is 6.08 Å². The number of amides is 2. The van der Waals surface area contributed by atoms with Crippen LogP contribution >= 0.6 is 24.0 Å². The number of carbonyl (C=O) groups is 2. The Hall–Kier alpha value is -1.71. The molecule has 1 atom stereocenters. The van der Waals surface area contributed by atoms with Gasteiger partial charge in [-0.3, -0.25) is 14.5 Å². The van der Waals surface area contributed by atoms with E-state index in [-0.39, 0.29) is 29.4 Å². The number of sulfone groups is 1. The van der Waals surface area contributed by atoms with Crippen molar-refractivity contribution in [3.63, 3.8) is 0 Å². The van der Waals surface area contributed by atoms with E-state index in [4.69, 9.17) is 12.2 Å². The van der Waals surface area contributed by atoms with E-state index in [1.807, 2.05) is 6.92 Å². The molecule has 9 heteroatoms. The third-order valence-electron chi connectivity index (χ3n) is 4.69. The molecule has 2 aliphatic heterocycles. The van der Waals surface area contributed by atoms with Gasteiger partial charge in [0.1, 0.15) is 4.32 Å². The zero-order valence-electron chi connectivity index (χ0n) is 15.0. The molecule has 0 aromatic heterocycles. The summed E-state index contributed by atoms with van der Waals surface area (Å²) in [5.74, 6) is -0.143. The van der Waals surface area contributed by atoms with Gasteiger partial charge in [0.05, 0.1) is 16.4 Å². The largest absolute Gasteiger partial charge is 0.335 e. The van der Waals surface area contributed by atoms with Gasteiger partial charge in [0, 0.05) is 25.2 Å². The van der Waals surface area contributed by atoms with Gasteiger partial charge in [-0.25, -0.2) is 8.42 Å². The highest BCUT2D eigenvalue weighted by Crippen LogP contribution is 2.31. The van der Waals surface area contributed by atoms with Crippen molar-refractivity contribution in [2.24, 2.45) is 0 Å². The van der Waals surface area contributed by atoms with Gasteiger partial charge in [-0.15, -0.1) is 0 Å². The average molecular weight is 425 g/mol. The van der Waals surface area contributed by atoms with Crippen molar-refractivity contribution in [1.82, 2.24) is 9.80 Å². The van der Waals surface area contributed by atoms with E-state index in [0.29, 0.717) is 27.8 Å². The zero-order chi connectivity index (χ0) is 19.8. The lowest BCUT2D eigenvalue weighted by Gasteiger charge is -2.27. The van der Waals surface area contributed by atoms with Crippen LogP contribution in [0.5, 0.6) is 0 Å². The summed E-state index contributed by atoms with van der Waals surface area (Å²) >= 11 is 6.36. The highest BCUT2D eigenvalue weighted by atomic mass is 32.2. The molecule has 0 aliphatic carbocycles. The minimum absolute atomic E-state index is 0.0313. The lowest BCUT2D eigenvalue weighted by Crippen LogP contribution is -2.40. The molecule has 2 amide bonds. The minimum Gasteiger partial charge on any atom is -0.335 e. The summed E-state index contributed by atoms with van der Waals surface area (Å²) in [5.41, 5.74) is 1.30. The van der Waals surface area contributed by atoms with E-state index in [1.54, 1.807) is 42.3 Å². The molecule has 3 rings (SSSR count). The van der Waals surface area contributed by atoms with Crippen molar-refractivity contribution in [3.05, 3.63) is 40.3 Å². The molecule has 0 radical (unpaired) electrons. The molecule has 27 heavy (non-hydrogen) atoms. The normalized spacial score (nSPS) is 23.3. The van der Waals surface area contributed by atoms with Crippen LogP contribution in [0.15, 0.2) is 29.2 Å². The highest BCUT2D eigenvalue weighted by Gasteiger charge is 2.34. The Labute approximate surface area is 168 Å². The molecule has 0 N–H and O–H groups in total. The Morgan fingerprint density at radius 2 is 2.04 bits per heavy atom. The number of rotatable bonds is 4. The van der Waals surface area contributed by atoms with Gasteiger partial charge in [0.2, 0.25) is 0 Å². The standard InChI is InChI=1S/C18H20N2O4S3/c1-3-20(14-8-9-27(23,24)11-14)16(21)13-6-4-12(5-7-13)10-15-17(22)19(2)18(25)26-15/h4-7,10,14H,3,8-9,11H2,1-2H3/b15-10-/t14-/m0/s1. The SMILES string of the molecule is CCN(C(=O)c1ccc(/C=C2\SC(=S)N(C)C2=O)cc1)[C@H]1CCS(=O)(=O)C1. The van der Waals surface area contributed by atoms with Crippen molar-refractivity contribution >= 4 is 56.0 Å². The van der Waals surface area contributed by atoms with Crippen molar-refractivity contribution in [1.29, 1.82) is 0 Å². The lowest BCUT2D eigenvalue weighted by molar-refractivity contribution is -0.121. The molecular weight excluding hydrogens is 404 g/mol. The topological polar surface area (TPSA) is 74.8 Å². The first-order chi connectivity index (χ1) is 12.7. The number of thioether (sulfide) groups is 1. The van der Waals surface area contributed by atoms with Gasteiger partial charge in [-0.05, 0) is 37.1 Å². The molecule has 6 nitrogen and oxygen atoms in total. The first-order valence-corrected chi connectivity index (χ1v) is 11.6. The molecule has 2 aliphatic rings. The van der Waals surface area contributed by atoms with Crippen LogP contribution in [0, 0.1) is 0 Å². The molecule has 0 bridgehead atoms. The fraction of sp³-hybridized carbons (Fsp3) is 0.389. The fourth-order valence-electron chi connectivity index (χ4n) is 3.17. The van der Waals surface area contributed by atoms with Crippen molar-refractivity contribution in [2.75, 3.05) is 25.1 Å². The Morgan fingerprint density at radius 1 is 1.37 bits per heavy atom. The van der Waals surface area contributed by atoms with E-state index >= 15 is 0 Å². The quantitative estimate of drug-likeness (QED) is 0.545. The average Bonchev–Trinajstić information content (AvgIpc) is 3.10. The van der Waals surface area contributed by atoms with E-state index in [2.05, 4.69) is 0 Å². The summed E-state index contributed by atoms with van der Waals surface area (Å²) in [4.78, 5) is 28.5. The van der Waals surface area contributed by atoms with E-state index in [9.17, 15) is 18.0 Å². The van der Waals surface area contributed by atoms with Gasteiger partial charge < -0.3 is 4.90 Å². The van der Waals surface area contributed by atoms with Gasteiger partial charge in [0.15, 0.2) is 9.84 Å². The summed E-state index contributed by atoms with van der Waals surface area (Å²) < 4.78 is 23.9. The molecule has 2 heterocycles. The summed E-state index contributed by atoms with van der Waals surface area (Å²) in [7, 11) is -1.41. The van der Waals surface area contributed by atoms with E-state index in [1.165, 1.54) is 16.7 Å². The summed E-state index contributed by atoms with van der Waals surface area (Å²) in [6.45, 7) is 2.31. The second-order valence-corrected chi connectivity index (χ2v) is 10.4. The number of likely N-dealkylation sites (N-methyl/N-ethyl adjacent to an activating group) is 1. The zero-order valence-corrected chi connectivity index (χ0v) is 17.5. The predicted molar refractivity (Wildman–Crippen MR) is 111 cm³/mol. The first-order valence-electron chi connectivity index (χ1n) is 8.55. The number of hydrogen-bond donors (Lipinski definition) is 0. The van der Waals surface area contributed by atoms with Crippen molar-refractivity contribution in [3.8, 4) is 0 Å². The number of thiocarbonyl (C=S) groups is 1. The van der Waals surface area contributed by atoms with Crippen LogP contribution in [-0.4, -0.2) is 65.5 Å². The Balaban J connectivity index is 1.76. The van der Waals surface area contributed by atoms with Crippen LogP contribution in [0.2, 0.25) is 0 Å². The Morgan fingerprint density at radius 3 is 2.52 bits per heavy atom. The van der Waals surface area contributed by atoms with Crippen LogP contribution in [0.4, 0.5) is 0 Å². The third-order valence-corrected chi connectivity index (χ3v) is 7.93.